The normalized spacial score (nSPS) is 13.3. The molecular formula is C14H12FN. The first kappa shape index (κ1) is 9.40. The van der Waals surface area contributed by atoms with Gasteiger partial charge in [-0.1, -0.05) is 18.2 Å². The van der Waals surface area contributed by atoms with Gasteiger partial charge in [-0.2, -0.15) is 0 Å². The Labute approximate surface area is 93.9 Å². The minimum absolute atomic E-state index is 0.188. The molecule has 0 aliphatic carbocycles. The Balaban J connectivity index is 2.03. The van der Waals surface area contributed by atoms with Crippen LogP contribution in [0.4, 0.5) is 10.1 Å². The zero-order chi connectivity index (χ0) is 11.0. The van der Waals surface area contributed by atoms with Gasteiger partial charge in [-0.3, -0.25) is 0 Å². The van der Waals surface area contributed by atoms with Crippen molar-refractivity contribution in [2.45, 2.75) is 6.42 Å². The van der Waals surface area contributed by atoms with E-state index in [4.69, 9.17) is 0 Å². The maximum Gasteiger partial charge on any atom is 0.123 e. The average Bonchev–Trinajstić information content (AvgIpc) is 2.77. The van der Waals surface area contributed by atoms with Crippen LogP contribution in [0.1, 0.15) is 5.56 Å². The lowest BCUT2D eigenvalue weighted by Gasteiger charge is -2.05. The van der Waals surface area contributed by atoms with Crippen molar-refractivity contribution < 1.29 is 4.39 Å². The van der Waals surface area contributed by atoms with E-state index in [2.05, 4.69) is 23.5 Å². The highest BCUT2D eigenvalue weighted by Gasteiger charge is 2.10. The molecule has 0 amide bonds. The summed E-state index contributed by atoms with van der Waals surface area (Å²) in [6.07, 6.45) is 1.07. The van der Waals surface area contributed by atoms with E-state index in [0.29, 0.717) is 0 Å². The van der Waals surface area contributed by atoms with Crippen molar-refractivity contribution in [1.29, 1.82) is 0 Å². The van der Waals surface area contributed by atoms with E-state index in [-0.39, 0.29) is 5.82 Å². The van der Waals surface area contributed by atoms with Crippen molar-refractivity contribution in [3.63, 3.8) is 0 Å². The lowest BCUT2D eigenvalue weighted by molar-refractivity contribution is 0.628. The third-order valence-corrected chi connectivity index (χ3v) is 2.99. The second-order valence-electron chi connectivity index (χ2n) is 4.06. The van der Waals surface area contributed by atoms with Crippen LogP contribution in [0.3, 0.4) is 0 Å². The molecule has 1 N–H and O–H groups in total. The quantitative estimate of drug-likeness (QED) is 0.765. The number of halogens is 1. The van der Waals surface area contributed by atoms with Crippen LogP contribution in [-0.4, -0.2) is 6.54 Å². The molecule has 0 atom stereocenters. The number of rotatable bonds is 1. The molecule has 1 nitrogen and oxygen atoms in total. The smallest absolute Gasteiger partial charge is 0.123 e. The maximum absolute atomic E-state index is 12.8. The second kappa shape index (κ2) is 3.63. The van der Waals surface area contributed by atoms with E-state index in [1.165, 1.54) is 23.4 Å². The van der Waals surface area contributed by atoms with Gasteiger partial charge in [0.05, 0.1) is 0 Å². The standard InChI is InChI=1S/C14H12FN/c15-13-4-1-10(2-5-13)11-3-6-14-12(9-11)7-8-16-14/h1-6,9,16H,7-8H2. The number of benzene rings is 2. The van der Waals surface area contributed by atoms with E-state index in [1.807, 2.05) is 12.1 Å². The van der Waals surface area contributed by atoms with Crippen molar-refractivity contribution in [3.05, 3.63) is 53.8 Å². The number of hydrogen-bond donors (Lipinski definition) is 1. The molecule has 1 aliphatic rings. The largest absolute Gasteiger partial charge is 0.384 e. The molecule has 16 heavy (non-hydrogen) atoms. The molecule has 3 rings (SSSR count). The lowest BCUT2D eigenvalue weighted by Crippen LogP contribution is -1.90. The molecule has 0 spiro atoms. The van der Waals surface area contributed by atoms with Crippen LogP contribution < -0.4 is 5.32 Å². The van der Waals surface area contributed by atoms with Gasteiger partial charge in [0, 0.05) is 12.2 Å². The monoisotopic (exact) mass is 213 g/mol. The highest BCUT2D eigenvalue weighted by Crippen LogP contribution is 2.28. The van der Waals surface area contributed by atoms with Crippen LogP contribution in [0.25, 0.3) is 11.1 Å². The Morgan fingerprint density at radius 1 is 0.938 bits per heavy atom. The molecule has 0 fully saturated rings. The van der Waals surface area contributed by atoms with E-state index < -0.39 is 0 Å². The Kier molecular flexibility index (Phi) is 2.13. The predicted octanol–water partition coefficient (Wildman–Crippen LogP) is 3.46. The first-order chi connectivity index (χ1) is 7.83. The molecule has 0 saturated carbocycles. The van der Waals surface area contributed by atoms with Crippen molar-refractivity contribution in [2.24, 2.45) is 0 Å². The summed E-state index contributed by atoms with van der Waals surface area (Å²) >= 11 is 0. The van der Waals surface area contributed by atoms with E-state index in [1.54, 1.807) is 0 Å². The molecule has 0 aromatic heterocycles. The first-order valence-corrected chi connectivity index (χ1v) is 5.46. The maximum atomic E-state index is 12.8. The molecule has 1 aliphatic heterocycles. The second-order valence-corrected chi connectivity index (χ2v) is 4.06. The third kappa shape index (κ3) is 1.56. The molecule has 1 heterocycles. The van der Waals surface area contributed by atoms with Gasteiger partial charge in [0.1, 0.15) is 5.82 Å². The highest BCUT2D eigenvalue weighted by molar-refractivity contribution is 5.69. The Morgan fingerprint density at radius 2 is 1.69 bits per heavy atom. The number of nitrogens with one attached hydrogen (secondary N) is 1. The third-order valence-electron chi connectivity index (χ3n) is 2.99. The van der Waals surface area contributed by atoms with Crippen LogP contribution in [0.5, 0.6) is 0 Å². The summed E-state index contributed by atoms with van der Waals surface area (Å²) in [5.74, 6) is -0.188. The van der Waals surface area contributed by atoms with Crippen LogP contribution in [0.15, 0.2) is 42.5 Å². The minimum Gasteiger partial charge on any atom is -0.384 e. The zero-order valence-corrected chi connectivity index (χ0v) is 8.83. The van der Waals surface area contributed by atoms with Gasteiger partial charge in [-0.05, 0) is 47.4 Å². The summed E-state index contributed by atoms with van der Waals surface area (Å²) in [4.78, 5) is 0. The molecular weight excluding hydrogens is 201 g/mol. The average molecular weight is 213 g/mol. The Hall–Kier alpha value is -1.83. The van der Waals surface area contributed by atoms with Gasteiger partial charge in [0.2, 0.25) is 0 Å². The molecule has 2 aromatic carbocycles. The summed E-state index contributed by atoms with van der Waals surface area (Å²) in [5, 5.41) is 3.33. The fraction of sp³-hybridized carbons (Fsp3) is 0.143. The van der Waals surface area contributed by atoms with Gasteiger partial charge in [-0.15, -0.1) is 0 Å². The number of hydrogen-bond acceptors (Lipinski definition) is 1. The predicted molar refractivity (Wildman–Crippen MR) is 64.0 cm³/mol. The molecule has 0 radical (unpaired) electrons. The van der Waals surface area contributed by atoms with Gasteiger partial charge in [0.25, 0.3) is 0 Å². The number of fused-ring (bicyclic) bond motifs is 1. The molecule has 80 valence electrons. The van der Waals surface area contributed by atoms with E-state index in [0.717, 1.165) is 24.1 Å². The lowest BCUT2D eigenvalue weighted by atomic mass is 10.0. The molecule has 2 heteroatoms. The van der Waals surface area contributed by atoms with Crippen LogP contribution in [0, 0.1) is 5.82 Å². The van der Waals surface area contributed by atoms with Crippen molar-refractivity contribution in [1.82, 2.24) is 0 Å². The highest BCUT2D eigenvalue weighted by atomic mass is 19.1. The SMILES string of the molecule is Fc1ccc(-c2ccc3c(c2)CCN3)cc1. The summed E-state index contributed by atoms with van der Waals surface area (Å²) in [6.45, 7) is 1.02. The topological polar surface area (TPSA) is 12.0 Å². The van der Waals surface area contributed by atoms with Crippen LogP contribution >= 0.6 is 0 Å². The molecule has 0 bridgehead atoms. The summed E-state index contributed by atoms with van der Waals surface area (Å²) < 4.78 is 12.8. The molecule has 2 aromatic rings. The Morgan fingerprint density at radius 3 is 2.50 bits per heavy atom. The summed E-state index contributed by atoms with van der Waals surface area (Å²) in [7, 11) is 0. The van der Waals surface area contributed by atoms with Gasteiger partial charge in [0.15, 0.2) is 0 Å². The van der Waals surface area contributed by atoms with Crippen molar-refractivity contribution >= 4 is 5.69 Å². The van der Waals surface area contributed by atoms with Crippen molar-refractivity contribution in [3.8, 4) is 11.1 Å². The zero-order valence-electron chi connectivity index (χ0n) is 8.83. The van der Waals surface area contributed by atoms with Crippen LogP contribution in [0.2, 0.25) is 0 Å². The van der Waals surface area contributed by atoms with Gasteiger partial charge < -0.3 is 5.32 Å². The Bertz CT molecular complexity index is 517. The van der Waals surface area contributed by atoms with E-state index >= 15 is 0 Å². The fourth-order valence-corrected chi connectivity index (χ4v) is 2.13. The summed E-state index contributed by atoms with van der Waals surface area (Å²) in [6, 6.07) is 13.0. The van der Waals surface area contributed by atoms with Gasteiger partial charge in [-0.25, -0.2) is 4.39 Å². The number of anilines is 1. The van der Waals surface area contributed by atoms with E-state index in [9.17, 15) is 4.39 Å². The first-order valence-electron chi connectivity index (χ1n) is 5.46. The minimum atomic E-state index is -0.188. The molecule has 0 saturated heterocycles. The molecule has 0 unspecified atom stereocenters. The van der Waals surface area contributed by atoms with Crippen molar-refractivity contribution in [2.75, 3.05) is 11.9 Å². The summed E-state index contributed by atoms with van der Waals surface area (Å²) in [5.41, 5.74) is 4.80. The fourth-order valence-electron chi connectivity index (χ4n) is 2.13. The van der Waals surface area contributed by atoms with Gasteiger partial charge >= 0.3 is 0 Å². The van der Waals surface area contributed by atoms with Crippen LogP contribution in [-0.2, 0) is 6.42 Å².